The summed E-state index contributed by atoms with van der Waals surface area (Å²) in [6.07, 6.45) is 0.827. The fourth-order valence-corrected chi connectivity index (χ4v) is 5.01. The highest BCUT2D eigenvalue weighted by atomic mass is 32.1. The van der Waals surface area contributed by atoms with Crippen LogP contribution in [0.4, 0.5) is 5.69 Å². The molecule has 1 amide bonds. The first-order valence-corrected chi connectivity index (χ1v) is 12.9. The van der Waals surface area contributed by atoms with Crippen LogP contribution in [0.15, 0.2) is 78.2 Å². The molecule has 0 saturated carbocycles. The minimum atomic E-state index is -0.477. The molecular formula is C29H28N2O4S. The van der Waals surface area contributed by atoms with Crippen LogP contribution >= 0.6 is 11.3 Å². The zero-order valence-electron chi connectivity index (χ0n) is 20.3. The summed E-state index contributed by atoms with van der Waals surface area (Å²) in [7, 11) is 1.64. The van der Waals surface area contributed by atoms with Crippen molar-refractivity contribution in [3.8, 4) is 39.1 Å². The monoisotopic (exact) mass is 500 g/mol. The van der Waals surface area contributed by atoms with E-state index in [-0.39, 0.29) is 5.91 Å². The van der Waals surface area contributed by atoms with Crippen molar-refractivity contribution in [1.82, 2.24) is 4.98 Å². The van der Waals surface area contributed by atoms with Gasteiger partial charge in [0.1, 0.15) is 22.3 Å². The van der Waals surface area contributed by atoms with Crippen molar-refractivity contribution in [3.63, 3.8) is 0 Å². The van der Waals surface area contributed by atoms with Crippen LogP contribution in [0.25, 0.3) is 21.8 Å². The lowest BCUT2D eigenvalue weighted by atomic mass is 10.1. The van der Waals surface area contributed by atoms with Crippen molar-refractivity contribution in [2.75, 3.05) is 25.2 Å². The summed E-state index contributed by atoms with van der Waals surface area (Å²) in [5.74, 6) is 2.26. The number of ether oxygens (including phenoxy) is 3. The number of hydrogen-bond acceptors (Lipinski definition) is 6. The highest BCUT2D eigenvalue weighted by molar-refractivity contribution is 7.13. The summed E-state index contributed by atoms with van der Waals surface area (Å²) in [5.41, 5.74) is 3.71. The Hall–Kier alpha value is -3.84. The summed E-state index contributed by atoms with van der Waals surface area (Å²) in [6.45, 7) is 3.00. The molecule has 0 saturated heterocycles. The number of methoxy groups -OCH3 is 1. The predicted molar refractivity (Wildman–Crippen MR) is 143 cm³/mol. The van der Waals surface area contributed by atoms with E-state index in [1.165, 1.54) is 0 Å². The summed E-state index contributed by atoms with van der Waals surface area (Å²) in [5, 5.41) is 3.02. The van der Waals surface area contributed by atoms with Crippen LogP contribution in [0.5, 0.6) is 17.2 Å². The highest BCUT2D eigenvalue weighted by Crippen LogP contribution is 2.39. The quantitative estimate of drug-likeness (QED) is 0.247. The maximum atomic E-state index is 13.2. The third-order valence-electron chi connectivity index (χ3n) is 6.11. The van der Waals surface area contributed by atoms with Gasteiger partial charge in [0, 0.05) is 23.1 Å². The van der Waals surface area contributed by atoms with Crippen molar-refractivity contribution in [2.45, 2.75) is 25.9 Å². The van der Waals surface area contributed by atoms with Gasteiger partial charge in [0.05, 0.1) is 25.1 Å². The predicted octanol–water partition coefficient (Wildman–Crippen LogP) is 6.46. The molecule has 0 spiro atoms. The molecule has 1 aliphatic rings. The molecular weight excluding hydrogens is 472 g/mol. The van der Waals surface area contributed by atoms with Crippen molar-refractivity contribution in [3.05, 3.63) is 78.2 Å². The Bertz CT molecular complexity index is 1320. The molecule has 6 nitrogen and oxygen atoms in total. The minimum absolute atomic E-state index is 0.0187. The van der Waals surface area contributed by atoms with E-state index in [0.717, 1.165) is 44.8 Å². The van der Waals surface area contributed by atoms with Gasteiger partial charge in [-0.15, -0.1) is 11.3 Å². The SMILES string of the molecule is CCC1Oc2ccc(-c3csc(-c4ccccc4)n3)cc2N(CCCOc2ccc(OC)cc2)C1=O. The van der Waals surface area contributed by atoms with Crippen LogP contribution in [-0.2, 0) is 4.79 Å². The molecule has 1 atom stereocenters. The molecule has 0 aliphatic carbocycles. The zero-order valence-corrected chi connectivity index (χ0v) is 21.2. The van der Waals surface area contributed by atoms with Gasteiger partial charge in [-0.1, -0.05) is 37.3 Å². The number of rotatable bonds is 9. The van der Waals surface area contributed by atoms with Crippen LogP contribution in [0.2, 0.25) is 0 Å². The third-order valence-corrected chi connectivity index (χ3v) is 7.00. The van der Waals surface area contributed by atoms with E-state index in [9.17, 15) is 4.79 Å². The van der Waals surface area contributed by atoms with E-state index in [4.69, 9.17) is 19.2 Å². The second-order valence-corrected chi connectivity index (χ2v) is 9.33. The molecule has 1 unspecified atom stereocenters. The maximum Gasteiger partial charge on any atom is 0.268 e. The minimum Gasteiger partial charge on any atom is -0.497 e. The van der Waals surface area contributed by atoms with Gasteiger partial charge < -0.3 is 19.1 Å². The molecule has 0 fully saturated rings. The Morgan fingerprint density at radius 1 is 1.00 bits per heavy atom. The lowest BCUT2D eigenvalue weighted by molar-refractivity contribution is -0.126. The van der Waals surface area contributed by atoms with Gasteiger partial charge in [0.15, 0.2) is 6.10 Å². The molecule has 0 bridgehead atoms. The number of carbonyl (C=O) groups excluding carboxylic acids is 1. The summed E-state index contributed by atoms with van der Waals surface area (Å²) < 4.78 is 17.1. The van der Waals surface area contributed by atoms with E-state index >= 15 is 0 Å². The summed E-state index contributed by atoms with van der Waals surface area (Å²) in [6, 6.07) is 23.6. The number of nitrogens with zero attached hydrogens (tertiary/aromatic N) is 2. The Kier molecular flexibility index (Phi) is 7.18. The van der Waals surface area contributed by atoms with Crippen molar-refractivity contribution in [1.29, 1.82) is 0 Å². The lowest BCUT2D eigenvalue weighted by Gasteiger charge is -2.34. The van der Waals surface area contributed by atoms with Crippen LogP contribution < -0.4 is 19.1 Å². The zero-order chi connectivity index (χ0) is 24.9. The van der Waals surface area contributed by atoms with Crippen LogP contribution in [0.3, 0.4) is 0 Å². The van der Waals surface area contributed by atoms with Gasteiger partial charge in [-0.05, 0) is 55.3 Å². The van der Waals surface area contributed by atoms with Gasteiger partial charge in [-0.3, -0.25) is 4.79 Å². The number of carbonyl (C=O) groups is 1. The molecule has 184 valence electrons. The van der Waals surface area contributed by atoms with Crippen LogP contribution in [-0.4, -0.2) is 37.3 Å². The number of anilines is 1. The average molecular weight is 501 g/mol. The third kappa shape index (κ3) is 5.06. The van der Waals surface area contributed by atoms with Crippen molar-refractivity contribution < 1.29 is 19.0 Å². The molecule has 0 N–H and O–H groups in total. The van der Waals surface area contributed by atoms with E-state index in [0.29, 0.717) is 26.0 Å². The fraction of sp³-hybridized carbons (Fsp3) is 0.241. The first-order chi connectivity index (χ1) is 17.7. The molecule has 5 rings (SSSR count). The first-order valence-electron chi connectivity index (χ1n) is 12.1. The standard InChI is InChI=1S/C29H28N2O4S/c1-3-26-29(32)31(16-7-17-34-23-13-11-22(33-2)12-14-23)25-18-21(10-15-27(25)35-26)24-19-36-28(30-24)20-8-5-4-6-9-20/h4-6,8-15,18-19,26H,3,7,16-17H2,1-2H3. The molecule has 4 aromatic rings. The van der Waals surface area contributed by atoms with Gasteiger partial charge in [0.25, 0.3) is 5.91 Å². The number of aromatic nitrogens is 1. The first kappa shape index (κ1) is 23.9. The van der Waals surface area contributed by atoms with Crippen molar-refractivity contribution in [2.24, 2.45) is 0 Å². The molecule has 3 aromatic carbocycles. The topological polar surface area (TPSA) is 60.9 Å². The molecule has 2 heterocycles. The largest absolute Gasteiger partial charge is 0.497 e. The summed E-state index contributed by atoms with van der Waals surface area (Å²) in [4.78, 5) is 19.9. The van der Waals surface area contributed by atoms with E-state index < -0.39 is 6.10 Å². The maximum absolute atomic E-state index is 13.2. The fourth-order valence-electron chi connectivity index (χ4n) is 4.18. The van der Waals surface area contributed by atoms with E-state index in [2.05, 4.69) is 17.5 Å². The number of thiazole rings is 1. The second kappa shape index (κ2) is 10.8. The Morgan fingerprint density at radius 3 is 2.53 bits per heavy atom. The lowest BCUT2D eigenvalue weighted by Crippen LogP contribution is -2.46. The number of hydrogen-bond donors (Lipinski definition) is 0. The second-order valence-electron chi connectivity index (χ2n) is 8.47. The number of benzene rings is 3. The number of fused-ring (bicyclic) bond motifs is 1. The normalized spacial score (nSPS) is 14.8. The molecule has 0 radical (unpaired) electrons. The van der Waals surface area contributed by atoms with Gasteiger partial charge in [0.2, 0.25) is 0 Å². The molecule has 1 aromatic heterocycles. The van der Waals surface area contributed by atoms with Gasteiger partial charge in [-0.2, -0.15) is 0 Å². The van der Waals surface area contributed by atoms with E-state index in [1.807, 2.05) is 72.5 Å². The average Bonchev–Trinajstić information content (AvgIpc) is 3.43. The highest BCUT2D eigenvalue weighted by Gasteiger charge is 2.33. The molecule has 36 heavy (non-hydrogen) atoms. The molecule has 7 heteroatoms. The Labute approximate surface area is 215 Å². The van der Waals surface area contributed by atoms with E-state index in [1.54, 1.807) is 18.4 Å². The Morgan fingerprint density at radius 2 is 1.78 bits per heavy atom. The van der Waals surface area contributed by atoms with Crippen LogP contribution in [0.1, 0.15) is 19.8 Å². The smallest absolute Gasteiger partial charge is 0.268 e. The molecule has 1 aliphatic heterocycles. The Balaban J connectivity index is 1.33. The van der Waals surface area contributed by atoms with Gasteiger partial charge >= 0.3 is 0 Å². The van der Waals surface area contributed by atoms with Gasteiger partial charge in [-0.25, -0.2) is 4.98 Å². The van der Waals surface area contributed by atoms with Crippen LogP contribution in [0, 0.1) is 0 Å². The summed E-state index contributed by atoms with van der Waals surface area (Å²) >= 11 is 1.61. The number of amides is 1. The van der Waals surface area contributed by atoms with Crippen molar-refractivity contribution >= 4 is 22.9 Å².